The summed E-state index contributed by atoms with van der Waals surface area (Å²) in [6, 6.07) is 15.5. The molecule has 324 valence electrons. The molecule has 1 saturated heterocycles. The van der Waals surface area contributed by atoms with Crippen molar-refractivity contribution in [3.05, 3.63) is 101 Å². The first-order valence-corrected chi connectivity index (χ1v) is 21.3. The second-order valence-corrected chi connectivity index (χ2v) is 17.1. The van der Waals surface area contributed by atoms with Crippen LogP contribution in [0.25, 0.3) is 22.5 Å². The van der Waals surface area contributed by atoms with Crippen molar-refractivity contribution < 1.29 is 54.3 Å². The van der Waals surface area contributed by atoms with Gasteiger partial charge in [-0.2, -0.15) is 0 Å². The van der Waals surface area contributed by atoms with E-state index in [0.717, 1.165) is 33.9 Å². The van der Waals surface area contributed by atoms with Crippen LogP contribution in [0.3, 0.4) is 0 Å². The number of rotatable bonds is 13. The molecule has 2 aliphatic rings. The molecule has 5 aromatic rings. The molecule has 0 spiro atoms. The number of β-lactam (4-membered cyclic amide) rings is 1. The second-order valence-electron chi connectivity index (χ2n) is 14.1. The van der Waals surface area contributed by atoms with Crippen molar-refractivity contribution in [2.45, 2.75) is 35.9 Å². The van der Waals surface area contributed by atoms with Crippen molar-refractivity contribution in [3.63, 3.8) is 0 Å². The van der Waals surface area contributed by atoms with E-state index in [0.29, 0.717) is 27.6 Å². The topological polar surface area (TPSA) is 312 Å². The molecule has 7 rings (SSSR count). The van der Waals surface area contributed by atoms with Crippen LogP contribution < -0.4 is 21.9 Å². The van der Waals surface area contributed by atoms with Crippen LogP contribution in [-0.2, 0) is 24.0 Å². The van der Waals surface area contributed by atoms with Crippen LogP contribution in [0.1, 0.15) is 29.9 Å². The lowest BCUT2D eigenvalue weighted by atomic mass is 10.0. The number of anilines is 1. The Morgan fingerprint density at radius 1 is 0.952 bits per heavy atom. The van der Waals surface area contributed by atoms with Gasteiger partial charge in [-0.3, -0.25) is 34.9 Å². The maximum absolute atomic E-state index is 13.8. The fourth-order valence-corrected chi connectivity index (χ4v) is 9.10. The fraction of sp³-hybridized carbons (Fsp3) is 0.175. The predicted molar refractivity (Wildman–Crippen MR) is 230 cm³/mol. The number of carbonyl (C=O) groups excluding carboxylic acids is 4. The maximum atomic E-state index is 13.8. The third kappa shape index (κ3) is 9.29. The number of fused-ring (bicyclic) bond motifs is 1. The first kappa shape index (κ1) is 43.7. The zero-order valence-corrected chi connectivity index (χ0v) is 35.2. The van der Waals surface area contributed by atoms with Crippen LogP contribution >= 0.6 is 34.9 Å². The number of oxime groups is 1. The molecule has 0 unspecified atom stereocenters. The van der Waals surface area contributed by atoms with Gasteiger partial charge in [-0.05, 0) is 55.3 Å². The summed E-state index contributed by atoms with van der Waals surface area (Å²) in [4.78, 5) is 85.8. The Labute approximate surface area is 368 Å². The number of hydrogen-bond acceptors (Lipinski definition) is 18. The number of aliphatic carboxylic acids is 1. The first-order valence-electron chi connectivity index (χ1n) is 18.4. The van der Waals surface area contributed by atoms with Crippen LogP contribution in [0.15, 0.2) is 99.8 Å². The van der Waals surface area contributed by atoms with Crippen LogP contribution in [0.5, 0.6) is 23.0 Å². The third-order valence-electron chi connectivity index (χ3n) is 9.41. The molecule has 2 aromatic heterocycles. The Hall–Kier alpha value is -7.37. The van der Waals surface area contributed by atoms with Gasteiger partial charge < -0.3 is 41.4 Å². The first-order chi connectivity index (χ1) is 30.0. The minimum Gasteiger partial charge on any atom is -0.504 e. The summed E-state index contributed by atoms with van der Waals surface area (Å²) in [5.41, 5.74) is 9.54. The number of phenols is 4. The summed E-state index contributed by atoms with van der Waals surface area (Å²) in [5, 5.41) is 57.3. The van der Waals surface area contributed by atoms with E-state index in [1.54, 1.807) is 12.3 Å². The van der Waals surface area contributed by atoms with Gasteiger partial charge in [-0.25, -0.2) is 19.7 Å². The molecule has 20 nitrogen and oxygen atoms in total. The zero-order valence-electron chi connectivity index (χ0n) is 32.8. The molecule has 3 aromatic carbocycles. The standard InChI is InChI=1S/C40H35N9O11S3/c1-40(2,38(59)47-46-32(54)20-9-11-25(51)27(53)13-20)60-48-28(23-17-63-39(41)43-23)33(55)44-29-35(56)49-30(37(57)58)21(16-62-36(29)49)15-61-34-22(19-8-10-24(50)26(52)12-19)14-42-31(45-34)18-6-4-3-5-7-18/h3-14,17,29,36,50-53H,15-16H2,1-2H3,(H2,41,43)(H,44,55)(H,46,54)(H,47,59)(H,57,58)/b48-28-/t29-,36-/m1/s1. The SMILES string of the molecule is CC(C)(O/N=C(\C(=O)N[C@@H]1C(=O)N2C(C(=O)O)=C(CSc3nc(-c4ccccc4)ncc3-c3ccc(O)c(O)c3)CS[C@H]12)c1csc(N)n1)C(=O)NNC(=O)c1ccc(O)c(O)c1. The van der Waals surface area contributed by atoms with E-state index in [4.69, 9.17) is 15.6 Å². The summed E-state index contributed by atoms with van der Waals surface area (Å²) >= 11 is 3.39. The summed E-state index contributed by atoms with van der Waals surface area (Å²) in [6.07, 6.45) is 1.57. The molecule has 0 aliphatic carbocycles. The Kier molecular flexibility index (Phi) is 12.4. The molecule has 2 aliphatic heterocycles. The van der Waals surface area contributed by atoms with Gasteiger partial charge in [0.1, 0.15) is 27.8 Å². The minimum atomic E-state index is -1.84. The number of thioether (sulfide) groups is 2. The van der Waals surface area contributed by atoms with E-state index in [9.17, 15) is 49.5 Å². The quantitative estimate of drug-likeness (QED) is 0.0205. The van der Waals surface area contributed by atoms with Crippen LogP contribution in [-0.4, -0.2) is 109 Å². The Bertz CT molecular complexity index is 2730. The van der Waals surface area contributed by atoms with Gasteiger partial charge in [0.05, 0.1) is 0 Å². The van der Waals surface area contributed by atoms with Crippen molar-refractivity contribution in [3.8, 4) is 45.5 Å². The molecule has 0 bridgehead atoms. The molecule has 10 N–H and O–H groups in total. The zero-order chi connectivity index (χ0) is 45.2. The highest BCUT2D eigenvalue weighted by molar-refractivity contribution is 8.01. The number of nitrogen functional groups attached to an aromatic ring is 1. The number of aromatic hydroxyl groups is 4. The third-order valence-corrected chi connectivity index (χ3v) is 12.5. The number of carbonyl (C=O) groups is 5. The number of nitrogens with two attached hydrogens (primary N) is 1. The highest BCUT2D eigenvalue weighted by atomic mass is 32.2. The van der Waals surface area contributed by atoms with Gasteiger partial charge >= 0.3 is 5.97 Å². The number of nitrogens with one attached hydrogen (secondary N) is 3. The van der Waals surface area contributed by atoms with Crippen molar-refractivity contribution >= 4 is 75.3 Å². The van der Waals surface area contributed by atoms with Crippen molar-refractivity contribution in [1.82, 2.24) is 36.0 Å². The van der Waals surface area contributed by atoms with Gasteiger partial charge in [0, 0.05) is 39.8 Å². The number of carboxylic acid groups (broad SMARTS) is 1. The summed E-state index contributed by atoms with van der Waals surface area (Å²) in [5.74, 6) is -5.85. The number of amides is 4. The Morgan fingerprint density at radius 3 is 2.33 bits per heavy atom. The monoisotopic (exact) mass is 913 g/mol. The highest BCUT2D eigenvalue weighted by Gasteiger charge is 2.54. The number of benzene rings is 3. The number of thiazole rings is 1. The number of nitrogens with zero attached hydrogens (tertiary/aromatic N) is 5. The van der Waals surface area contributed by atoms with E-state index >= 15 is 0 Å². The number of hydrazine groups is 1. The van der Waals surface area contributed by atoms with Crippen LogP contribution in [0.4, 0.5) is 5.13 Å². The minimum absolute atomic E-state index is 0.0564. The molecular formula is C40H35N9O11S3. The van der Waals surface area contributed by atoms with E-state index in [2.05, 4.69) is 31.3 Å². The normalized spacial score (nSPS) is 16.1. The van der Waals surface area contributed by atoms with Crippen molar-refractivity contribution in [2.24, 2.45) is 5.16 Å². The number of aromatic nitrogens is 3. The Morgan fingerprint density at radius 2 is 1.67 bits per heavy atom. The van der Waals surface area contributed by atoms with E-state index in [1.807, 2.05) is 30.3 Å². The maximum Gasteiger partial charge on any atom is 0.352 e. The lowest BCUT2D eigenvalue weighted by Crippen LogP contribution is -2.71. The average Bonchev–Trinajstić information content (AvgIpc) is 3.70. The average molecular weight is 914 g/mol. The van der Waals surface area contributed by atoms with Gasteiger partial charge in [0.25, 0.3) is 23.6 Å². The predicted octanol–water partition coefficient (Wildman–Crippen LogP) is 3.16. The van der Waals surface area contributed by atoms with E-state index < -0.39 is 63.8 Å². The summed E-state index contributed by atoms with van der Waals surface area (Å²) in [6.45, 7) is 2.56. The molecule has 23 heteroatoms. The van der Waals surface area contributed by atoms with E-state index in [1.165, 1.54) is 61.0 Å². The Balaban J connectivity index is 1.07. The number of carboxylic acids is 1. The number of hydrogen-bond donors (Lipinski definition) is 9. The van der Waals surface area contributed by atoms with Crippen molar-refractivity contribution in [2.75, 3.05) is 17.2 Å². The smallest absolute Gasteiger partial charge is 0.352 e. The molecule has 4 heterocycles. The van der Waals surface area contributed by atoms with Crippen LogP contribution in [0.2, 0.25) is 0 Å². The highest BCUT2D eigenvalue weighted by Crippen LogP contribution is 2.43. The molecule has 0 saturated carbocycles. The lowest BCUT2D eigenvalue weighted by molar-refractivity contribution is -0.150. The summed E-state index contributed by atoms with van der Waals surface area (Å²) < 4.78 is 0. The van der Waals surface area contributed by atoms with Crippen LogP contribution in [0, 0.1) is 0 Å². The largest absolute Gasteiger partial charge is 0.504 e. The summed E-state index contributed by atoms with van der Waals surface area (Å²) in [7, 11) is 0. The molecular weight excluding hydrogens is 879 g/mol. The fourth-order valence-electron chi connectivity index (χ4n) is 6.05. The van der Waals surface area contributed by atoms with Crippen molar-refractivity contribution in [1.29, 1.82) is 0 Å². The van der Waals surface area contributed by atoms with Gasteiger partial charge in [0.15, 0.2) is 39.7 Å². The molecule has 2 atom stereocenters. The molecule has 4 amide bonds. The van der Waals surface area contributed by atoms with Gasteiger partial charge in [-0.1, -0.05) is 41.6 Å². The lowest BCUT2D eigenvalue weighted by Gasteiger charge is -2.49. The second kappa shape index (κ2) is 17.9. The molecule has 1 fully saturated rings. The number of phenolic OH excluding ortho intramolecular Hbond substituents is 4. The molecule has 63 heavy (non-hydrogen) atoms. The van der Waals surface area contributed by atoms with Gasteiger partial charge in [0.2, 0.25) is 5.60 Å². The molecule has 0 radical (unpaired) electrons. The van der Waals surface area contributed by atoms with Gasteiger partial charge in [-0.15, -0.1) is 34.9 Å². The van der Waals surface area contributed by atoms with E-state index in [-0.39, 0.29) is 45.1 Å².